The van der Waals surface area contributed by atoms with Crippen LogP contribution in [-0.2, 0) is 6.54 Å². The summed E-state index contributed by atoms with van der Waals surface area (Å²) in [5.74, 6) is 0.889. The number of hydrogen-bond donors (Lipinski definition) is 1. The standard InChI is InChI=1S/C9H9N5O3/c1-6-12-9(17-13-6)5-11-7-2-3-10-4-8(7)14(15)16/h2-4H,5H2,1H3,(H,10,11). The summed E-state index contributed by atoms with van der Waals surface area (Å²) in [6.07, 6.45) is 2.65. The molecule has 0 amide bonds. The molecule has 2 heterocycles. The van der Waals surface area contributed by atoms with Gasteiger partial charge in [-0.1, -0.05) is 5.16 Å². The second-order valence-corrected chi connectivity index (χ2v) is 3.24. The molecule has 17 heavy (non-hydrogen) atoms. The minimum atomic E-state index is -0.506. The highest BCUT2D eigenvalue weighted by molar-refractivity contribution is 5.59. The Bertz CT molecular complexity index is 539. The summed E-state index contributed by atoms with van der Waals surface area (Å²) in [6.45, 7) is 1.92. The van der Waals surface area contributed by atoms with Crippen LogP contribution in [0.4, 0.5) is 11.4 Å². The van der Waals surface area contributed by atoms with E-state index in [-0.39, 0.29) is 12.2 Å². The molecule has 0 aliphatic rings. The summed E-state index contributed by atoms with van der Waals surface area (Å²) < 4.78 is 4.88. The van der Waals surface area contributed by atoms with Gasteiger partial charge in [0.15, 0.2) is 5.82 Å². The average Bonchev–Trinajstić information content (AvgIpc) is 2.73. The van der Waals surface area contributed by atoms with Crippen LogP contribution in [0.2, 0.25) is 0 Å². The van der Waals surface area contributed by atoms with Gasteiger partial charge in [-0.3, -0.25) is 15.1 Å². The summed E-state index contributed by atoms with van der Waals surface area (Å²) in [6, 6.07) is 1.52. The van der Waals surface area contributed by atoms with E-state index in [0.717, 1.165) is 0 Å². The molecule has 0 aliphatic heterocycles. The van der Waals surface area contributed by atoms with Crippen molar-refractivity contribution in [3.05, 3.63) is 40.3 Å². The number of rotatable bonds is 4. The molecule has 2 aromatic rings. The Morgan fingerprint density at radius 3 is 3.06 bits per heavy atom. The van der Waals surface area contributed by atoms with Crippen LogP contribution in [-0.4, -0.2) is 20.0 Å². The first-order valence-electron chi connectivity index (χ1n) is 4.78. The van der Waals surface area contributed by atoms with Gasteiger partial charge in [-0.2, -0.15) is 4.98 Å². The quantitative estimate of drug-likeness (QED) is 0.628. The molecule has 1 N–H and O–H groups in total. The van der Waals surface area contributed by atoms with Gasteiger partial charge in [-0.05, 0) is 13.0 Å². The third kappa shape index (κ3) is 2.54. The minimum Gasteiger partial charge on any atom is -0.370 e. The second-order valence-electron chi connectivity index (χ2n) is 3.24. The molecule has 2 aromatic heterocycles. The van der Waals surface area contributed by atoms with Crippen molar-refractivity contribution >= 4 is 11.4 Å². The van der Waals surface area contributed by atoms with Crippen LogP contribution in [0.15, 0.2) is 23.0 Å². The highest BCUT2D eigenvalue weighted by Gasteiger charge is 2.13. The Labute approximate surface area is 95.8 Å². The second kappa shape index (κ2) is 4.56. The zero-order valence-electron chi connectivity index (χ0n) is 8.95. The van der Waals surface area contributed by atoms with Crippen LogP contribution in [0, 0.1) is 17.0 Å². The van der Waals surface area contributed by atoms with E-state index in [1.807, 2.05) is 0 Å². The van der Waals surface area contributed by atoms with Gasteiger partial charge < -0.3 is 9.84 Å². The van der Waals surface area contributed by atoms with E-state index < -0.39 is 4.92 Å². The molecule has 0 aliphatic carbocycles. The number of hydrogen-bond acceptors (Lipinski definition) is 7. The first-order chi connectivity index (χ1) is 8.16. The van der Waals surface area contributed by atoms with Gasteiger partial charge in [-0.15, -0.1) is 0 Å². The summed E-state index contributed by atoms with van der Waals surface area (Å²) >= 11 is 0. The van der Waals surface area contributed by atoms with Gasteiger partial charge in [0.2, 0.25) is 5.89 Å². The molecular weight excluding hydrogens is 226 g/mol. The van der Waals surface area contributed by atoms with Gasteiger partial charge in [-0.25, -0.2) is 0 Å². The van der Waals surface area contributed by atoms with Crippen molar-refractivity contribution in [1.82, 2.24) is 15.1 Å². The van der Waals surface area contributed by atoms with E-state index in [1.165, 1.54) is 18.5 Å². The third-order valence-corrected chi connectivity index (χ3v) is 2.00. The van der Waals surface area contributed by atoms with Crippen molar-refractivity contribution in [3.8, 4) is 0 Å². The van der Waals surface area contributed by atoms with E-state index in [0.29, 0.717) is 17.4 Å². The minimum absolute atomic E-state index is 0.0938. The van der Waals surface area contributed by atoms with Crippen LogP contribution in [0.3, 0.4) is 0 Å². The van der Waals surface area contributed by atoms with Crippen molar-refractivity contribution < 1.29 is 9.45 Å². The highest BCUT2D eigenvalue weighted by atomic mass is 16.6. The molecule has 0 unspecified atom stereocenters. The van der Waals surface area contributed by atoms with Crippen LogP contribution in [0.5, 0.6) is 0 Å². The largest absolute Gasteiger partial charge is 0.370 e. The molecule has 0 bridgehead atoms. The SMILES string of the molecule is Cc1noc(CNc2ccncc2[N+](=O)[O-])n1. The predicted octanol–water partition coefficient (Wildman–Crippen LogP) is 1.29. The Kier molecular flexibility index (Phi) is 2.95. The predicted molar refractivity (Wildman–Crippen MR) is 57.3 cm³/mol. The van der Waals surface area contributed by atoms with Crippen molar-refractivity contribution in [2.45, 2.75) is 13.5 Å². The van der Waals surface area contributed by atoms with E-state index in [4.69, 9.17) is 4.52 Å². The monoisotopic (exact) mass is 235 g/mol. The van der Waals surface area contributed by atoms with E-state index in [9.17, 15) is 10.1 Å². The van der Waals surface area contributed by atoms with Crippen LogP contribution in [0.1, 0.15) is 11.7 Å². The fourth-order valence-electron chi connectivity index (χ4n) is 1.26. The Morgan fingerprint density at radius 1 is 1.59 bits per heavy atom. The summed E-state index contributed by atoms with van der Waals surface area (Å²) in [5, 5.41) is 17.2. The summed E-state index contributed by atoms with van der Waals surface area (Å²) in [7, 11) is 0. The lowest BCUT2D eigenvalue weighted by molar-refractivity contribution is -0.384. The van der Waals surface area contributed by atoms with Crippen LogP contribution >= 0.6 is 0 Å². The zero-order valence-corrected chi connectivity index (χ0v) is 8.95. The molecule has 2 rings (SSSR count). The molecule has 8 nitrogen and oxygen atoms in total. The lowest BCUT2D eigenvalue weighted by Crippen LogP contribution is -2.03. The normalized spacial score (nSPS) is 10.2. The number of pyridine rings is 1. The lowest BCUT2D eigenvalue weighted by atomic mass is 10.3. The maximum Gasteiger partial charge on any atom is 0.310 e. The number of nitrogens with zero attached hydrogens (tertiary/aromatic N) is 4. The average molecular weight is 235 g/mol. The molecule has 0 spiro atoms. The fourth-order valence-corrected chi connectivity index (χ4v) is 1.26. The highest BCUT2D eigenvalue weighted by Crippen LogP contribution is 2.22. The zero-order chi connectivity index (χ0) is 12.3. The van der Waals surface area contributed by atoms with Crippen molar-refractivity contribution in [3.63, 3.8) is 0 Å². The smallest absolute Gasteiger partial charge is 0.310 e. The fraction of sp³-hybridized carbons (Fsp3) is 0.222. The molecule has 88 valence electrons. The molecule has 0 atom stereocenters. The van der Waals surface area contributed by atoms with Crippen molar-refractivity contribution in [2.75, 3.05) is 5.32 Å². The van der Waals surface area contributed by atoms with E-state index in [2.05, 4.69) is 20.4 Å². The Hall–Kier alpha value is -2.51. The topological polar surface area (TPSA) is 107 Å². The van der Waals surface area contributed by atoms with Crippen molar-refractivity contribution in [1.29, 1.82) is 0 Å². The van der Waals surface area contributed by atoms with E-state index in [1.54, 1.807) is 6.92 Å². The van der Waals surface area contributed by atoms with Gasteiger partial charge in [0.25, 0.3) is 0 Å². The number of aryl methyl sites for hydroxylation is 1. The Morgan fingerprint density at radius 2 is 2.41 bits per heavy atom. The molecule has 0 saturated heterocycles. The number of nitrogens with one attached hydrogen (secondary N) is 1. The maximum absolute atomic E-state index is 10.7. The molecule has 0 radical (unpaired) electrons. The number of anilines is 1. The summed E-state index contributed by atoms with van der Waals surface area (Å²) in [5.41, 5.74) is 0.268. The molecule has 0 saturated carbocycles. The number of aromatic nitrogens is 3. The lowest BCUT2D eigenvalue weighted by Gasteiger charge is -2.02. The molecule has 0 fully saturated rings. The molecule has 8 heteroatoms. The number of nitro groups is 1. The summed E-state index contributed by atoms with van der Waals surface area (Å²) in [4.78, 5) is 17.9. The van der Waals surface area contributed by atoms with Gasteiger partial charge >= 0.3 is 5.69 Å². The first-order valence-corrected chi connectivity index (χ1v) is 4.78. The van der Waals surface area contributed by atoms with Gasteiger partial charge in [0.1, 0.15) is 11.9 Å². The van der Waals surface area contributed by atoms with Crippen LogP contribution < -0.4 is 5.32 Å². The van der Waals surface area contributed by atoms with Gasteiger partial charge in [0.05, 0.1) is 11.5 Å². The molecular formula is C9H9N5O3. The van der Waals surface area contributed by atoms with Gasteiger partial charge in [0, 0.05) is 6.20 Å². The Balaban J connectivity index is 2.11. The molecule has 0 aromatic carbocycles. The van der Waals surface area contributed by atoms with Crippen LogP contribution in [0.25, 0.3) is 0 Å². The van der Waals surface area contributed by atoms with Crippen molar-refractivity contribution in [2.24, 2.45) is 0 Å². The maximum atomic E-state index is 10.7. The third-order valence-electron chi connectivity index (χ3n) is 2.00. The first kappa shape index (κ1) is 11.0. The van der Waals surface area contributed by atoms with E-state index >= 15 is 0 Å².